The lowest BCUT2D eigenvalue weighted by atomic mass is 9.99. The molecule has 0 amide bonds. The highest BCUT2D eigenvalue weighted by Gasteiger charge is 2.44. The number of hydrogen-bond donors (Lipinski definition) is 4. The Morgan fingerprint density at radius 1 is 0.600 bits per heavy atom. The molecule has 10 heteroatoms. The van der Waals surface area contributed by atoms with Crippen molar-refractivity contribution in [3.8, 4) is 0 Å². The normalized spacial score (nSPS) is 21.3. The van der Waals surface area contributed by atoms with Gasteiger partial charge in [0.1, 0.15) is 31.0 Å². The lowest BCUT2D eigenvalue weighted by Crippen LogP contribution is -2.59. The number of esters is 2. The SMILES string of the molecule is CCCCCC/C=C\CCCCCCCC(=O)OC(COC(=O)C=CC=CC=CC=CC=CCCCCCCCCC)CO[C@@H]1O[C@H](CO)[C@H](O)[C@H](O)[C@@H]1O. The largest absolute Gasteiger partial charge is 0.458 e. The van der Waals surface area contributed by atoms with Gasteiger partial charge in [0, 0.05) is 12.5 Å². The average molecular weight is 775 g/mol. The van der Waals surface area contributed by atoms with Crippen LogP contribution in [0.2, 0.25) is 0 Å². The molecule has 0 radical (unpaired) electrons. The monoisotopic (exact) mass is 775 g/mol. The summed E-state index contributed by atoms with van der Waals surface area (Å²) in [6, 6.07) is 0. The van der Waals surface area contributed by atoms with E-state index < -0.39 is 55.4 Å². The van der Waals surface area contributed by atoms with E-state index >= 15 is 0 Å². The Labute approximate surface area is 332 Å². The van der Waals surface area contributed by atoms with Crippen LogP contribution in [0.1, 0.15) is 142 Å². The molecule has 6 atom stereocenters. The van der Waals surface area contributed by atoms with Crippen molar-refractivity contribution >= 4 is 11.9 Å². The second kappa shape index (κ2) is 35.5. The fraction of sp³-hybridized carbons (Fsp3) is 0.689. The van der Waals surface area contributed by atoms with E-state index in [9.17, 15) is 30.0 Å². The predicted octanol–water partition coefficient (Wildman–Crippen LogP) is 8.44. The average Bonchev–Trinajstić information content (AvgIpc) is 3.18. The van der Waals surface area contributed by atoms with Crippen LogP contribution in [-0.4, -0.2) is 89.0 Å². The lowest BCUT2D eigenvalue weighted by molar-refractivity contribution is -0.305. The topological polar surface area (TPSA) is 152 Å². The summed E-state index contributed by atoms with van der Waals surface area (Å²) in [5, 5.41) is 39.9. The van der Waals surface area contributed by atoms with Crippen molar-refractivity contribution in [1.29, 1.82) is 0 Å². The molecule has 1 fully saturated rings. The van der Waals surface area contributed by atoms with Gasteiger partial charge in [0.2, 0.25) is 0 Å². The van der Waals surface area contributed by atoms with Crippen LogP contribution in [0.5, 0.6) is 0 Å². The summed E-state index contributed by atoms with van der Waals surface area (Å²) < 4.78 is 21.9. The summed E-state index contributed by atoms with van der Waals surface area (Å²) in [7, 11) is 0. The molecule has 314 valence electrons. The fourth-order valence-corrected chi connectivity index (χ4v) is 5.89. The van der Waals surface area contributed by atoms with Crippen molar-refractivity contribution in [2.75, 3.05) is 19.8 Å². The highest BCUT2D eigenvalue weighted by Crippen LogP contribution is 2.22. The summed E-state index contributed by atoms with van der Waals surface area (Å²) in [4.78, 5) is 25.1. The van der Waals surface area contributed by atoms with Crippen molar-refractivity contribution < 1.29 is 49.0 Å². The fourth-order valence-electron chi connectivity index (χ4n) is 5.89. The Bertz CT molecular complexity index is 1120. The van der Waals surface area contributed by atoms with Gasteiger partial charge >= 0.3 is 11.9 Å². The molecule has 4 N–H and O–H groups in total. The van der Waals surface area contributed by atoms with E-state index in [1.807, 2.05) is 24.3 Å². The Morgan fingerprint density at radius 3 is 1.71 bits per heavy atom. The first kappa shape index (κ1) is 50.2. The zero-order chi connectivity index (χ0) is 40.2. The number of rotatable bonds is 33. The van der Waals surface area contributed by atoms with Crippen molar-refractivity contribution in [2.24, 2.45) is 0 Å². The van der Waals surface area contributed by atoms with Crippen LogP contribution in [0, 0.1) is 0 Å². The molecule has 0 aromatic carbocycles. The number of unbranched alkanes of at least 4 members (excludes halogenated alkanes) is 16. The maximum absolute atomic E-state index is 12.7. The third kappa shape index (κ3) is 27.4. The van der Waals surface area contributed by atoms with Crippen molar-refractivity contribution in [3.05, 3.63) is 72.9 Å². The summed E-state index contributed by atoms with van der Waals surface area (Å²) in [6.07, 6.45) is 36.9. The van der Waals surface area contributed by atoms with Crippen LogP contribution in [0.15, 0.2) is 72.9 Å². The first-order chi connectivity index (χ1) is 26.8. The Hall–Kier alpha value is -2.86. The number of aliphatic hydroxyl groups is 4. The van der Waals surface area contributed by atoms with Gasteiger partial charge in [-0.3, -0.25) is 4.79 Å². The highest BCUT2D eigenvalue weighted by molar-refractivity contribution is 5.82. The molecule has 1 saturated heterocycles. The lowest BCUT2D eigenvalue weighted by Gasteiger charge is -2.39. The molecule has 1 unspecified atom stereocenters. The van der Waals surface area contributed by atoms with Gasteiger partial charge in [0.15, 0.2) is 12.4 Å². The summed E-state index contributed by atoms with van der Waals surface area (Å²) in [5.74, 6) is -1.13. The minimum atomic E-state index is -1.62. The smallest absolute Gasteiger partial charge is 0.330 e. The predicted molar refractivity (Wildman–Crippen MR) is 219 cm³/mol. The van der Waals surface area contributed by atoms with Gasteiger partial charge in [-0.05, 0) is 44.9 Å². The standard InChI is InChI=1S/C45H74O10/c1-3-5-7-9-11-13-15-17-18-19-20-22-23-25-27-29-31-33-40(47)52-36-38(37-53-45-44(51)43(50)42(49)39(35-46)55-45)54-41(48)34-32-30-28-26-24-21-16-14-12-10-8-6-4-2/h14,16,18-20,22-23,25,27,29,31,33,38-39,42-46,49-51H,3-13,15,17,21,24,26,28,30,32,34-37H2,1-2H3/b16-14-,19-18?,22-20?,25-23?,29-27?,33-31?/t38?,39-,42+,43+,44+,45-/m1/s1. The maximum atomic E-state index is 12.7. The van der Waals surface area contributed by atoms with Gasteiger partial charge in [0.05, 0.1) is 13.2 Å². The van der Waals surface area contributed by atoms with Crippen molar-refractivity contribution in [2.45, 2.75) is 179 Å². The molecular formula is C45H74O10. The second-order valence-corrected chi connectivity index (χ2v) is 14.3. The van der Waals surface area contributed by atoms with E-state index in [0.717, 1.165) is 44.9 Å². The molecule has 55 heavy (non-hydrogen) atoms. The number of ether oxygens (including phenoxy) is 4. The third-order valence-electron chi connectivity index (χ3n) is 9.27. The molecule has 0 bridgehead atoms. The Kier molecular flexibility index (Phi) is 32.4. The first-order valence-corrected chi connectivity index (χ1v) is 21.1. The zero-order valence-corrected chi connectivity index (χ0v) is 33.9. The minimum absolute atomic E-state index is 0.186. The molecule has 0 aromatic rings. The van der Waals surface area contributed by atoms with Gasteiger partial charge in [-0.2, -0.15) is 0 Å². The molecule has 1 aliphatic rings. The summed E-state index contributed by atoms with van der Waals surface area (Å²) in [5.41, 5.74) is 0. The van der Waals surface area contributed by atoms with E-state index in [-0.39, 0.29) is 19.6 Å². The number of aliphatic hydroxyl groups excluding tert-OH is 4. The van der Waals surface area contributed by atoms with Crippen LogP contribution >= 0.6 is 0 Å². The molecule has 0 aliphatic carbocycles. The van der Waals surface area contributed by atoms with Gasteiger partial charge in [-0.1, -0.05) is 158 Å². The maximum Gasteiger partial charge on any atom is 0.330 e. The molecule has 0 aromatic heterocycles. The van der Waals surface area contributed by atoms with E-state index in [4.69, 9.17) is 18.9 Å². The molecular weight excluding hydrogens is 700 g/mol. The number of carbonyl (C=O) groups excluding carboxylic acids is 2. The van der Waals surface area contributed by atoms with Crippen LogP contribution in [0.4, 0.5) is 0 Å². The van der Waals surface area contributed by atoms with Crippen LogP contribution in [0.25, 0.3) is 0 Å². The quantitative estimate of drug-likeness (QED) is 0.0168. The van der Waals surface area contributed by atoms with Crippen LogP contribution < -0.4 is 0 Å². The van der Waals surface area contributed by atoms with Gasteiger partial charge < -0.3 is 39.4 Å². The molecule has 1 heterocycles. The highest BCUT2D eigenvalue weighted by atomic mass is 16.7. The minimum Gasteiger partial charge on any atom is -0.458 e. The zero-order valence-electron chi connectivity index (χ0n) is 33.9. The number of hydrogen-bond acceptors (Lipinski definition) is 10. The number of carbonyl (C=O) groups is 2. The second-order valence-electron chi connectivity index (χ2n) is 14.3. The summed E-state index contributed by atoms with van der Waals surface area (Å²) in [6.45, 7) is 3.20. The molecule has 1 rings (SSSR count). The van der Waals surface area contributed by atoms with Crippen molar-refractivity contribution in [1.82, 2.24) is 0 Å². The van der Waals surface area contributed by atoms with Gasteiger partial charge in [-0.15, -0.1) is 0 Å². The summed E-state index contributed by atoms with van der Waals surface area (Å²) >= 11 is 0. The van der Waals surface area contributed by atoms with E-state index in [1.165, 1.54) is 82.8 Å². The Balaban J connectivity index is 2.48. The third-order valence-corrected chi connectivity index (χ3v) is 9.27. The molecule has 0 spiro atoms. The van der Waals surface area contributed by atoms with E-state index in [2.05, 4.69) is 38.2 Å². The molecule has 0 saturated carbocycles. The molecule has 10 nitrogen and oxygen atoms in total. The van der Waals surface area contributed by atoms with Gasteiger partial charge in [0.25, 0.3) is 0 Å². The van der Waals surface area contributed by atoms with E-state index in [0.29, 0.717) is 6.42 Å². The first-order valence-electron chi connectivity index (χ1n) is 21.1. The van der Waals surface area contributed by atoms with Crippen LogP contribution in [0.3, 0.4) is 0 Å². The number of allylic oxidation sites excluding steroid dienone is 11. The van der Waals surface area contributed by atoms with E-state index in [1.54, 1.807) is 12.2 Å². The van der Waals surface area contributed by atoms with Gasteiger partial charge in [-0.25, -0.2) is 4.79 Å². The molecule has 1 aliphatic heterocycles. The van der Waals surface area contributed by atoms with Crippen molar-refractivity contribution in [3.63, 3.8) is 0 Å². The van der Waals surface area contributed by atoms with Crippen LogP contribution in [-0.2, 0) is 28.5 Å². The Morgan fingerprint density at radius 2 is 1.11 bits per heavy atom.